The van der Waals surface area contributed by atoms with Gasteiger partial charge >= 0.3 is 5.97 Å². The molecule has 0 saturated carbocycles. The van der Waals surface area contributed by atoms with Crippen molar-refractivity contribution < 1.29 is 14.6 Å². The average Bonchev–Trinajstić information content (AvgIpc) is 2.29. The van der Waals surface area contributed by atoms with Gasteiger partial charge in [-0.3, -0.25) is 0 Å². The smallest absolute Gasteiger partial charge is 0.339 e. The summed E-state index contributed by atoms with van der Waals surface area (Å²) in [5, 5.41) is 9.01. The van der Waals surface area contributed by atoms with Gasteiger partial charge in [-0.15, -0.1) is 0 Å². The zero-order chi connectivity index (χ0) is 12.0. The Hall–Kier alpha value is -1.51. The maximum atomic E-state index is 11.0. The van der Waals surface area contributed by atoms with Crippen molar-refractivity contribution in [3.05, 3.63) is 29.3 Å². The lowest BCUT2D eigenvalue weighted by atomic mass is 10.0. The molecule has 3 heteroatoms. The molecule has 0 heterocycles. The average molecular weight is 222 g/mol. The van der Waals surface area contributed by atoms with Crippen molar-refractivity contribution in [2.24, 2.45) is 0 Å². The Balaban J connectivity index is 2.90. The van der Waals surface area contributed by atoms with Crippen LogP contribution in [0.4, 0.5) is 0 Å². The monoisotopic (exact) mass is 222 g/mol. The van der Waals surface area contributed by atoms with E-state index in [-0.39, 0.29) is 5.56 Å². The minimum Gasteiger partial charge on any atom is -0.496 e. The number of rotatable bonds is 6. The maximum absolute atomic E-state index is 11.0. The number of ether oxygens (including phenoxy) is 1. The number of hydrogen-bond donors (Lipinski definition) is 1. The largest absolute Gasteiger partial charge is 0.496 e. The van der Waals surface area contributed by atoms with Gasteiger partial charge in [-0.25, -0.2) is 4.79 Å². The number of aromatic carboxylic acids is 1. The highest BCUT2D eigenvalue weighted by molar-refractivity contribution is 5.91. The molecule has 0 amide bonds. The summed E-state index contributed by atoms with van der Waals surface area (Å²) in [5.74, 6) is -0.430. The summed E-state index contributed by atoms with van der Waals surface area (Å²) in [6, 6.07) is 5.28. The number of methoxy groups -OCH3 is 1. The molecule has 0 aromatic heterocycles. The normalized spacial score (nSPS) is 10.1. The van der Waals surface area contributed by atoms with Gasteiger partial charge in [0.15, 0.2) is 0 Å². The van der Waals surface area contributed by atoms with E-state index in [1.165, 1.54) is 7.11 Å². The summed E-state index contributed by atoms with van der Waals surface area (Å²) in [6.45, 7) is 2.14. The maximum Gasteiger partial charge on any atom is 0.339 e. The molecule has 0 aliphatic heterocycles. The second-order valence-electron chi connectivity index (χ2n) is 3.76. The number of hydrogen-bond acceptors (Lipinski definition) is 2. The van der Waals surface area contributed by atoms with Crippen molar-refractivity contribution in [1.82, 2.24) is 0 Å². The molecule has 88 valence electrons. The van der Waals surface area contributed by atoms with Crippen LogP contribution in [-0.2, 0) is 6.42 Å². The number of aryl methyl sites for hydroxylation is 1. The Bertz CT molecular complexity index is 358. The van der Waals surface area contributed by atoms with E-state index in [1.54, 1.807) is 12.1 Å². The molecule has 0 spiro atoms. The highest BCUT2D eigenvalue weighted by Gasteiger charge is 2.13. The fourth-order valence-electron chi connectivity index (χ4n) is 1.76. The molecule has 1 rings (SSSR count). The third-order valence-corrected chi connectivity index (χ3v) is 2.58. The van der Waals surface area contributed by atoms with Gasteiger partial charge in [-0.2, -0.15) is 0 Å². The molecule has 1 aromatic rings. The lowest BCUT2D eigenvalue weighted by Crippen LogP contribution is -2.03. The second kappa shape index (κ2) is 6.16. The van der Waals surface area contributed by atoms with Gasteiger partial charge in [0.2, 0.25) is 0 Å². The van der Waals surface area contributed by atoms with Crippen LogP contribution in [0.15, 0.2) is 18.2 Å². The van der Waals surface area contributed by atoms with Crippen molar-refractivity contribution in [2.75, 3.05) is 7.11 Å². The minimum absolute atomic E-state index is 0.247. The summed E-state index contributed by atoms with van der Waals surface area (Å²) in [6.07, 6.45) is 4.25. The molecular formula is C13H18O3. The van der Waals surface area contributed by atoms with E-state index in [1.807, 2.05) is 6.07 Å². The second-order valence-corrected chi connectivity index (χ2v) is 3.76. The van der Waals surface area contributed by atoms with Crippen LogP contribution >= 0.6 is 0 Å². The van der Waals surface area contributed by atoms with E-state index in [4.69, 9.17) is 9.84 Å². The van der Waals surface area contributed by atoms with Gasteiger partial charge in [-0.05, 0) is 24.5 Å². The predicted molar refractivity (Wildman–Crippen MR) is 63.2 cm³/mol. The Labute approximate surface area is 96.1 Å². The predicted octanol–water partition coefficient (Wildman–Crippen LogP) is 3.13. The molecule has 1 aromatic carbocycles. The number of carbonyl (C=O) groups is 1. The summed E-state index contributed by atoms with van der Waals surface area (Å²) >= 11 is 0. The molecule has 0 bridgehead atoms. The number of para-hydroxylation sites is 1. The number of benzene rings is 1. The van der Waals surface area contributed by atoms with E-state index in [2.05, 4.69) is 6.92 Å². The van der Waals surface area contributed by atoms with Crippen molar-refractivity contribution in [3.63, 3.8) is 0 Å². The zero-order valence-electron chi connectivity index (χ0n) is 9.82. The van der Waals surface area contributed by atoms with Gasteiger partial charge in [0.05, 0.1) is 7.11 Å². The molecule has 3 nitrogen and oxygen atoms in total. The van der Waals surface area contributed by atoms with E-state index in [0.29, 0.717) is 5.75 Å². The van der Waals surface area contributed by atoms with Crippen LogP contribution in [0.1, 0.15) is 42.1 Å². The highest BCUT2D eigenvalue weighted by atomic mass is 16.5. The molecule has 0 aliphatic carbocycles. The minimum atomic E-state index is -0.936. The van der Waals surface area contributed by atoms with Gasteiger partial charge < -0.3 is 9.84 Å². The van der Waals surface area contributed by atoms with Crippen LogP contribution in [0.5, 0.6) is 5.75 Å². The van der Waals surface area contributed by atoms with Crippen molar-refractivity contribution in [2.45, 2.75) is 32.6 Å². The number of carboxylic acid groups (broad SMARTS) is 1. The Morgan fingerprint density at radius 1 is 1.38 bits per heavy atom. The van der Waals surface area contributed by atoms with Crippen LogP contribution in [-0.4, -0.2) is 18.2 Å². The van der Waals surface area contributed by atoms with Crippen LogP contribution in [0.3, 0.4) is 0 Å². The van der Waals surface area contributed by atoms with Gasteiger partial charge in [0.1, 0.15) is 11.3 Å². The van der Waals surface area contributed by atoms with E-state index in [9.17, 15) is 4.79 Å². The first-order valence-corrected chi connectivity index (χ1v) is 5.59. The van der Waals surface area contributed by atoms with Gasteiger partial charge in [0.25, 0.3) is 0 Å². The molecule has 0 aliphatic rings. The van der Waals surface area contributed by atoms with Gasteiger partial charge in [0, 0.05) is 0 Å². The highest BCUT2D eigenvalue weighted by Crippen LogP contribution is 2.25. The van der Waals surface area contributed by atoms with Crippen LogP contribution in [0.25, 0.3) is 0 Å². The number of unbranched alkanes of at least 4 members (excludes halogenated alkanes) is 2. The Kier molecular flexibility index (Phi) is 4.83. The summed E-state index contributed by atoms with van der Waals surface area (Å²) in [7, 11) is 1.52. The molecule has 0 radical (unpaired) electrons. The molecule has 0 atom stereocenters. The SMILES string of the molecule is CCCCCc1cccc(C(=O)O)c1OC. The zero-order valence-corrected chi connectivity index (χ0v) is 9.82. The summed E-state index contributed by atoms with van der Waals surface area (Å²) in [5.41, 5.74) is 1.23. The first-order chi connectivity index (χ1) is 7.70. The van der Waals surface area contributed by atoms with Crippen molar-refractivity contribution in [1.29, 1.82) is 0 Å². The molecule has 1 N–H and O–H groups in total. The third kappa shape index (κ3) is 2.99. The first-order valence-electron chi connectivity index (χ1n) is 5.59. The lowest BCUT2D eigenvalue weighted by molar-refractivity contribution is 0.0693. The fraction of sp³-hybridized carbons (Fsp3) is 0.462. The van der Waals surface area contributed by atoms with E-state index < -0.39 is 5.97 Å². The first kappa shape index (κ1) is 12.6. The van der Waals surface area contributed by atoms with Crippen molar-refractivity contribution >= 4 is 5.97 Å². The van der Waals surface area contributed by atoms with Crippen LogP contribution < -0.4 is 4.74 Å². The molecule has 0 unspecified atom stereocenters. The lowest BCUT2D eigenvalue weighted by Gasteiger charge is -2.10. The van der Waals surface area contributed by atoms with Gasteiger partial charge in [-0.1, -0.05) is 31.9 Å². The summed E-state index contributed by atoms with van der Waals surface area (Å²) < 4.78 is 5.19. The fourth-order valence-corrected chi connectivity index (χ4v) is 1.76. The molecule has 16 heavy (non-hydrogen) atoms. The summed E-state index contributed by atoms with van der Waals surface area (Å²) in [4.78, 5) is 11.0. The number of carboxylic acids is 1. The molecule has 0 saturated heterocycles. The molecular weight excluding hydrogens is 204 g/mol. The van der Waals surface area contributed by atoms with Crippen LogP contribution in [0.2, 0.25) is 0 Å². The molecule has 0 fully saturated rings. The topological polar surface area (TPSA) is 46.5 Å². The third-order valence-electron chi connectivity index (χ3n) is 2.58. The van der Waals surface area contributed by atoms with Crippen molar-refractivity contribution in [3.8, 4) is 5.75 Å². The van der Waals surface area contributed by atoms with E-state index in [0.717, 1.165) is 31.2 Å². The van der Waals surface area contributed by atoms with E-state index >= 15 is 0 Å². The standard InChI is InChI=1S/C13H18O3/c1-3-4-5-7-10-8-6-9-11(13(14)15)12(10)16-2/h6,8-9H,3-5,7H2,1-2H3,(H,14,15). The van der Waals surface area contributed by atoms with Crippen LogP contribution in [0, 0.1) is 0 Å². The Morgan fingerprint density at radius 3 is 2.69 bits per heavy atom. The Morgan fingerprint density at radius 2 is 2.12 bits per heavy atom. The quantitative estimate of drug-likeness (QED) is 0.752.